The molecule has 1 aliphatic rings. The van der Waals surface area contributed by atoms with Crippen LogP contribution in [0.3, 0.4) is 0 Å². The van der Waals surface area contributed by atoms with Crippen molar-refractivity contribution < 1.29 is 4.79 Å². The largest absolute Gasteiger partial charge is 0.368 e. The fourth-order valence-corrected chi connectivity index (χ4v) is 1.36. The van der Waals surface area contributed by atoms with Crippen molar-refractivity contribution in [1.29, 1.82) is 0 Å². The van der Waals surface area contributed by atoms with E-state index >= 15 is 0 Å². The summed E-state index contributed by atoms with van der Waals surface area (Å²) in [6.07, 6.45) is 2.34. The maximum Gasteiger partial charge on any atom is 0.239 e. The fourth-order valence-electron chi connectivity index (χ4n) is 1.36. The minimum atomic E-state index is -0.931. The molecule has 0 spiro atoms. The molecule has 4 nitrogen and oxygen atoms in total. The van der Waals surface area contributed by atoms with Gasteiger partial charge in [-0.2, -0.15) is 0 Å². The molecule has 1 amide bonds. The zero-order valence-corrected chi connectivity index (χ0v) is 5.84. The van der Waals surface area contributed by atoms with Gasteiger partial charge in [-0.15, -0.1) is 0 Å². The third kappa shape index (κ3) is 0.892. The maximum absolute atomic E-state index is 10.8. The second-order valence-electron chi connectivity index (χ2n) is 2.90. The van der Waals surface area contributed by atoms with Crippen LogP contribution < -0.4 is 17.2 Å². The molecule has 10 heavy (non-hydrogen) atoms. The average molecular weight is 143 g/mol. The molecule has 0 heterocycles. The predicted molar refractivity (Wildman–Crippen MR) is 37.9 cm³/mol. The lowest BCUT2D eigenvalue weighted by Gasteiger charge is -2.24. The first-order valence-corrected chi connectivity index (χ1v) is 3.42. The van der Waals surface area contributed by atoms with Crippen molar-refractivity contribution in [1.82, 2.24) is 0 Å². The van der Waals surface area contributed by atoms with Gasteiger partial charge in [-0.05, 0) is 19.3 Å². The van der Waals surface area contributed by atoms with Gasteiger partial charge in [0.2, 0.25) is 5.91 Å². The minimum Gasteiger partial charge on any atom is -0.368 e. The molecule has 1 rings (SSSR count). The molecule has 6 N–H and O–H groups in total. The number of nitrogens with two attached hydrogens (primary N) is 3. The Morgan fingerprint density at radius 2 is 2.20 bits per heavy atom. The van der Waals surface area contributed by atoms with Crippen LogP contribution in [0.5, 0.6) is 0 Å². The summed E-state index contributed by atoms with van der Waals surface area (Å²) in [7, 11) is 0. The normalized spacial score (nSPS) is 40.0. The quantitative estimate of drug-likeness (QED) is 0.425. The molecule has 0 aliphatic heterocycles. The van der Waals surface area contributed by atoms with Gasteiger partial charge in [0.15, 0.2) is 0 Å². The van der Waals surface area contributed by atoms with E-state index in [1.807, 2.05) is 0 Å². The molecular weight excluding hydrogens is 130 g/mol. The Kier molecular flexibility index (Phi) is 1.66. The van der Waals surface area contributed by atoms with Gasteiger partial charge in [0.05, 0.1) is 0 Å². The molecule has 1 saturated carbocycles. The minimum absolute atomic E-state index is 0.245. The smallest absolute Gasteiger partial charge is 0.239 e. The molecule has 0 aromatic rings. The van der Waals surface area contributed by atoms with Crippen LogP contribution in [0.25, 0.3) is 0 Å². The first-order chi connectivity index (χ1) is 4.57. The lowest BCUT2D eigenvalue weighted by atomic mass is 9.94. The third-order valence-corrected chi connectivity index (χ3v) is 2.23. The lowest BCUT2D eigenvalue weighted by molar-refractivity contribution is -0.123. The van der Waals surface area contributed by atoms with Crippen LogP contribution >= 0.6 is 0 Å². The van der Waals surface area contributed by atoms with Gasteiger partial charge >= 0.3 is 0 Å². The van der Waals surface area contributed by atoms with Crippen LogP contribution in [0.4, 0.5) is 0 Å². The number of carbonyl (C=O) groups excluding carboxylic acids is 1. The van der Waals surface area contributed by atoms with Crippen molar-refractivity contribution in [3.63, 3.8) is 0 Å². The van der Waals surface area contributed by atoms with Crippen LogP contribution in [-0.4, -0.2) is 17.5 Å². The van der Waals surface area contributed by atoms with E-state index in [0.29, 0.717) is 6.42 Å². The number of rotatable bonds is 1. The van der Waals surface area contributed by atoms with Crippen LogP contribution in [0.2, 0.25) is 0 Å². The molecule has 58 valence electrons. The number of amides is 1. The summed E-state index contributed by atoms with van der Waals surface area (Å²) in [5.41, 5.74) is 15.4. The van der Waals surface area contributed by atoms with Crippen molar-refractivity contribution in [2.75, 3.05) is 0 Å². The molecule has 0 aromatic carbocycles. The van der Waals surface area contributed by atoms with Crippen molar-refractivity contribution in [2.45, 2.75) is 30.8 Å². The molecule has 0 saturated heterocycles. The van der Waals surface area contributed by atoms with Gasteiger partial charge < -0.3 is 17.2 Å². The van der Waals surface area contributed by atoms with E-state index in [0.717, 1.165) is 12.8 Å². The Labute approximate surface area is 59.7 Å². The first kappa shape index (κ1) is 7.50. The molecule has 0 radical (unpaired) electrons. The maximum atomic E-state index is 10.8. The Bertz CT molecular complexity index is 159. The average Bonchev–Trinajstić information content (AvgIpc) is 2.15. The Balaban J connectivity index is 2.75. The standard InChI is InChI=1S/C6H13N3O/c7-4-2-1-3-6(4,9)5(8)10/h4H,1-3,7,9H2,(H2,8,10). The van der Waals surface area contributed by atoms with E-state index in [2.05, 4.69) is 0 Å². The molecule has 1 aliphatic carbocycles. The Hall–Kier alpha value is -0.610. The highest BCUT2D eigenvalue weighted by Crippen LogP contribution is 2.25. The summed E-state index contributed by atoms with van der Waals surface area (Å²) >= 11 is 0. The summed E-state index contributed by atoms with van der Waals surface area (Å²) in [6, 6.07) is -0.245. The van der Waals surface area contributed by atoms with Crippen LogP contribution in [0.15, 0.2) is 0 Å². The second-order valence-corrected chi connectivity index (χ2v) is 2.90. The van der Waals surface area contributed by atoms with E-state index in [9.17, 15) is 4.79 Å². The van der Waals surface area contributed by atoms with Gasteiger partial charge in [-0.1, -0.05) is 0 Å². The summed E-state index contributed by atoms with van der Waals surface area (Å²) < 4.78 is 0. The van der Waals surface area contributed by atoms with E-state index in [1.54, 1.807) is 0 Å². The fraction of sp³-hybridized carbons (Fsp3) is 0.833. The van der Waals surface area contributed by atoms with Gasteiger partial charge in [0.1, 0.15) is 5.54 Å². The molecule has 0 bridgehead atoms. The molecule has 2 atom stereocenters. The number of carbonyl (C=O) groups is 1. The summed E-state index contributed by atoms with van der Waals surface area (Å²) in [5.74, 6) is -0.475. The highest BCUT2D eigenvalue weighted by Gasteiger charge is 2.42. The van der Waals surface area contributed by atoms with Gasteiger partial charge in [0.25, 0.3) is 0 Å². The number of hydrogen-bond donors (Lipinski definition) is 3. The van der Waals surface area contributed by atoms with Gasteiger partial charge in [0, 0.05) is 6.04 Å². The molecular formula is C6H13N3O. The van der Waals surface area contributed by atoms with E-state index < -0.39 is 11.4 Å². The number of hydrogen-bond acceptors (Lipinski definition) is 3. The van der Waals surface area contributed by atoms with Crippen LogP contribution in [-0.2, 0) is 4.79 Å². The lowest BCUT2D eigenvalue weighted by Crippen LogP contribution is -2.60. The zero-order valence-electron chi connectivity index (χ0n) is 5.84. The summed E-state index contributed by atoms with van der Waals surface area (Å²) in [5, 5.41) is 0. The predicted octanol–water partition coefficient (Wildman–Crippen LogP) is -1.32. The molecule has 2 unspecified atom stereocenters. The van der Waals surface area contributed by atoms with E-state index in [-0.39, 0.29) is 6.04 Å². The first-order valence-electron chi connectivity index (χ1n) is 3.42. The topological polar surface area (TPSA) is 95.1 Å². The van der Waals surface area contributed by atoms with E-state index in [1.165, 1.54) is 0 Å². The highest BCUT2D eigenvalue weighted by molar-refractivity contribution is 5.85. The Morgan fingerprint density at radius 3 is 2.40 bits per heavy atom. The van der Waals surface area contributed by atoms with Crippen LogP contribution in [0, 0.1) is 0 Å². The second kappa shape index (κ2) is 2.21. The SMILES string of the molecule is NC(=O)C1(N)CCCC1N. The molecule has 1 fully saturated rings. The van der Waals surface area contributed by atoms with Crippen molar-refractivity contribution >= 4 is 5.91 Å². The Morgan fingerprint density at radius 1 is 1.60 bits per heavy atom. The van der Waals surface area contributed by atoms with Gasteiger partial charge in [-0.3, -0.25) is 4.79 Å². The van der Waals surface area contributed by atoms with E-state index in [4.69, 9.17) is 17.2 Å². The van der Waals surface area contributed by atoms with Crippen molar-refractivity contribution in [2.24, 2.45) is 17.2 Å². The molecule has 0 aromatic heterocycles. The summed E-state index contributed by atoms with van der Waals surface area (Å²) in [4.78, 5) is 10.8. The summed E-state index contributed by atoms with van der Waals surface area (Å²) in [6.45, 7) is 0. The zero-order chi connectivity index (χ0) is 7.78. The van der Waals surface area contributed by atoms with Crippen molar-refractivity contribution in [3.8, 4) is 0 Å². The van der Waals surface area contributed by atoms with Crippen LogP contribution in [0.1, 0.15) is 19.3 Å². The monoisotopic (exact) mass is 143 g/mol. The van der Waals surface area contributed by atoms with Crippen molar-refractivity contribution in [3.05, 3.63) is 0 Å². The third-order valence-electron chi connectivity index (χ3n) is 2.23. The highest BCUT2D eigenvalue weighted by atomic mass is 16.1. The van der Waals surface area contributed by atoms with Gasteiger partial charge in [-0.25, -0.2) is 0 Å². The molecule has 4 heteroatoms. The number of primary amides is 1.